The van der Waals surface area contributed by atoms with Crippen molar-refractivity contribution in [2.45, 2.75) is 20.5 Å². The molecule has 8 heteroatoms. The summed E-state index contributed by atoms with van der Waals surface area (Å²) in [5.74, 6) is 0.0289. The van der Waals surface area contributed by atoms with Gasteiger partial charge in [0, 0.05) is 24.8 Å². The summed E-state index contributed by atoms with van der Waals surface area (Å²) in [5.41, 5.74) is 0.335. The van der Waals surface area contributed by atoms with Crippen LogP contribution in [0.15, 0.2) is 18.2 Å². The second-order valence-electron chi connectivity index (χ2n) is 4.65. The van der Waals surface area contributed by atoms with Crippen LogP contribution in [-0.4, -0.2) is 50.8 Å². The lowest BCUT2D eigenvalue weighted by molar-refractivity contribution is -0.0511. The lowest BCUT2D eigenvalue weighted by Crippen LogP contribution is -2.36. The topological polar surface area (TPSA) is 62.8 Å². The number of rotatable bonds is 9. The molecule has 0 unspecified atom stereocenters. The molecule has 0 aliphatic rings. The van der Waals surface area contributed by atoms with Gasteiger partial charge >= 0.3 is 12.6 Å². The van der Waals surface area contributed by atoms with Gasteiger partial charge < -0.3 is 25.0 Å². The average molecular weight is 331 g/mol. The highest BCUT2D eigenvalue weighted by atomic mass is 19.3. The first-order chi connectivity index (χ1) is 11.0. The lowest BCUT2D eigenvalue weighted by atomic mass is 10.3. The Balaban J connectivity index is 2.57. The largest absolute Gasteiger partial charge is 0.493 e. The van der Waals surface area contributed by atoms with E-state index in [-0.39, 0.29) is 11.5 Å². The number of amides is 2. The van der Waals surface area contributed by atoms with Crippen LogP contribution in [-0.2, 0) is 0 Å². The number of carbonyl (C=O) groups excluding carboxylic acids is 1. The van der Waals surface area contributed by atoms with Gasteiger partial charge in [0.25, 0.3) is 0 Å². The number of urea groups is 1. The fourth-order valence-electron chi connectivity index (χ4n) is 1.99. The molecular formula is C15H23F2N3O3. The van der Waals surface area contributed by atoms with Crippen LogP contribution >= 0.6 is 0 Å². The number of nitrogens with one attached hydrogen (secondary N) is 2. The van der Waals surface area contributed by atoms with Crippen molar-refractivity contribution in [3.63, 3.8) is 0 Å². The Morgan fingerprint density at radius 1 is 1.26 bits per heavy atom. The highest BCUT2D eigenvalue weighted by Gasteiger charge is 2.12. The van der Waals surface area contributed by atoms with E-state index in [2.05, 4.69) is 20.3 Å². The minimum absolute atomic E-state index is 0.136. The normalized spacial score (nSPS) is 10.7. The van der Waals surface area contributed by atoms with Crippen LogP contribution < -0.4 is 20.1 Å². The van der Waals surface area contributed by atoms with E-state index < -0.39 is 12.6 Å². The summed E-state index contributed by atoms with van der Waals surface area (Å²) in [6, 6.07) is 3.87. The van der Waals surface area contributed by atoms with Crippen molar-refractivity contribution in [2.75, 3.05) is 38.6 Å². The maximum atomic E-state index is 12.4. The van der Waals surface area contributed by atoms with Crippen LogP contribution in [0.25, 0.3) is 0 Å². The van der Waals surface area contributed by atoms with E-state index in [0.29, 0.717) is 12.2 Å². The molecule has 0 saturated carbocycles. The van der Waals surface area contributed by atoms with Crippen molar-refractivity contribution < 1.29 is 23.0 Å². The fourth-order valence-corrected chi connectivity index (χ4v) is 1.99. The van der Waals surface area contributed by atoms with Crippen molar-refractivity contribution in [3.8, 4) is 11.5 Å². The number of alkyl halides is 2. The molecule has 0 atom stereocenters. The molecule has 0 radical (unpaired) electrons. The van der Waals surface area contributed by atoms with Gasteiger partial charge in [-0.1, -0.05) is 13.8 Å². The molecule has 0 aromatic heterocycles. The SMILES string of the molecule is CCN(CC)CCNC(=O)Nc1ccc(OC)c(OC(F)F)c1. The third kappa shape index (κ3) is 6.68. The Hall–Kier alpha value is -2.09. The van der Waals surface area contributed by atoms with E-state index in [1.165, 1.54) is 19.2 Å². The summed E-state index contributed by atoms with van der Waals surface area (Å²) in [5, 5.41) is 5.27. The third-order valence-electron chi connectivity index (χ3n) is 3.25. The van der Waals surface area contributed by atoms with Gasteiger partial charge in [0.1, 0.15) is 0 Å². The summed E-state index contributed by atoms with van der Waals surface area (Å²) >= 11 is 0. The van der Waals surface area contributed by atoms with Crippen molar-refractivity contribution in [2.24, 2.45) is 0 Å². The number of carbonyl (C=O) groups is 1. The summed E-state index contributed by atoms with van der Waals surface area (Å²) in [6.45, 7) is 4.17. The van der Waals surface area contributed by atoms with Crippen LogP contribution in [0.5, 0.6) is 11.5 Å². The van der Waals surface area contributed by atoms with Gasteiger partial charge in [-0.15, -0.1) is 0 Å². The predicted octanol–water partition coefficient (Wildman–Crippen LogP) is 2.76. The number of halogens is 2. The van der Waals surface area contributed by atoms with Crippen LogP contribution in [0.1, 0.15) is 13.8 Å². The lowest BCUT2D eigenvalue weighted by Gasteiger charge is -2.18. The zero-order valence-corrected chi connectivity index (χ0v) is 13.6. The maximum absolute atomic E-state index is 12.4. The van der Waals surface area contributed by atoms with Gasteiger partial charge in [-0.2, -0.15) is 8.78 Å². The quantitative estimate of drug-likeness (QED) is 0.730. The molecule has 1 aromatic carbocycles. The Kier molecular flexibility index (Phi) is 8.10. The number of anilines is 1. The Labute approximate surface area is 134 Å². The van der Waals surface area contributed by atoms with Gasteiger partial charge in [-0.25, -0.2) is 4.79 Å². The Bertz CT molecular complexity index is 497. The molecule has 130 valence electrons. The highest BCUT2D eigenvalue weighted by molar-refractivity contribution is 5.89. The molecule has 0 spiro atoms. The molecule has 0 heterocycles. The summed E-state index contributed by atoms with van der Waals surface area (Å²) in [4.78, 5) is 14.0. The number of ether oxygens (including phenoxy) is 2. The van der Waals surface area contributed by atoms with Crippen LogP contribution in [0, 0.1) is 0 Å². The fraction of sp³-hybridized carbons (Fsp3) is 0.533. The minimum atomic E-state index is -2.97. The standard InChI is InChI=1S/C15H23F2N3O3/c1-4-20(5-2)9-8-18-15(21)19-11-6-7-12(22-3)13(10-11)23-14(16)17/h6-7,10,14H,4-5,8-9H2,1-3H3,(H2,18,19,21). The van der Waals surface area contributed by atoms with Crippen molar-refractivity contribution >= 4 is 11.7 Å². The van der Waals surface area contributed by atoms with Crippen LogP contribution in [0.3, 0.4) is 0 Å². The number of hydrogen-bond acceptors (Lipinski definition) is 4. The Morgan fingerprint density at radius 2 is 1.96 bits per heavy atom. The number of hydrogen-bond donors (Lipinski definition) is 2. The number of nitrogens with zero attached hydrogens (tertiary/aromatic N) is 1. The molecule has 0 bridgehead atoms. The third-order valence-corrected chi connectivity index (χ3v) is 3.25. The Morgan fingerprint density at radius 3 is 2.52 bits per heavy atom. The maximum Gasteiger partial charge on any atom is 0.387 e. The predicted molar refractivity (Wildman–Crippen MR) is 84.4 cm³/mol. The first-order valence-electron chi connectivity index (χ1n) is 7.40. The monoisotopic (exact) mass is 331 g/mol. The van der Waals surface area contributed by atoms with E-state index in [0.717, 1.165) is 19.6 Å². The number of methoxy groups -OCH3 is 1. The molecular weight excluding hydrogens is 308 g/mol. The molecule has 0 aliphatic carbocycles. The van der Waals surface area contributed by atoms with E-state index in [1.54, 1.807) is 6.07 Å². The van der Waals surface area contributed by atoms with Gasteiger partial charge in [-0.05, 0) is 25.2 Å². The van der Waals surface area contributed by atoms with E-state index in [4.69, 9.17) is 4.74 Å². The molecule has 1 aromatic rings. The summed E-state index contributed by atoms with van der Waals surface area (Å²) in [7, 11) is 1.35. The first-order valence-corrected chi connectivity index (χ1v) is 7.40. The van der Waals surface area contributed by atoms with Crippen molar-refractivity contribution in [1.82, 2.24) is 10.2 Å². The molecule has 0 saturated heterocycles. The highest BCUT2D eigenvalue weighted by Crippen LogP contribution is 2.31. The molecule has 23 heavy (non-hydrogen) atoms. The smallest absolute Gasteiger partial charge is 0.387 e. The van der Waals surface area contributed by atoms with Gasteiger partial charge in [0.05, 0.1) is 7.11 Å². The molecule has 0 fully saturated rings. The van der Waals surface area contributed by atoms with Gasteiger partial charge in [0.15, 0.2) is 11.5 Å². The summed E-state index contributed by atoms with van der Waals surface area (Å²) in [6.07, 6.45) is 0. The first kappa shape index (κ1) is 19.0. The van der Waals surface area contributed by atoms with E-state index in [9.17, 15) is 13.6 Å². The van der Waals surface area contributed by atoms with Crippen molar-refractivity contribution in [3.05, 3.63) is 18.2 Å². The zero-order chi connectivity index (χ0) is 17.2. The second-order valence-corrected chi connectivity index (χ2v) is 4.65. The molecule has 2 N–H and O–H groups in total. The molecule has 0 aliphatic heterocycles. The van der Waals surface area contributed by atoms with Crippen molar-refractivity contribution in [1.29, 1.82) is 0 Å². The molecule has 1 rings (SSSR count). The zero-order valence-electron chi connectivity index (χ0n) is 13.6. The van der Waals surface area contributed by atoms with E-state index >= 15 is 0 Å². The minimum Gasteiger partial charge on any atom is -0.493 e. The van der Waals surface area contributed by atoms with Gasteiger partial charge in [0.2, 0.25) is 0 Å². The molecule has 6 nitrogen and oxygen atoms in total. The average Bonchev–Trinajstić information content (AvgIpc) is 2.51. The van der Waals surface area contributed by atoms with Crippen LogP contribution in [0.4, 0.5) is 19.3 Å². The number of likely N-dealkylation sites (N-methyl/N-ethyl adjacent to an activating group) is 1. The summed E-state index contributed by atoms with van der Waals surface area (Å²) < 4.78 is 34.0. The van der Waals surface area contributed by atoms with Gasteiger partial charge in [-0.3, -0.25) is 0 Å². The van der Waals surface area contributed by atoms with Crippen LogP contribution in [0.2, 0.25) is 0 Å². The number of benzene rings is 1. The van der Waals surface area contributed by atoms with E-state index in [1.807, 2.05) is 13.8 Å². The second kappa shape index (κ2) is 9.83. The molecule has 2 amide bonds.